The Hall–Kier alpha value is -3.78. The molecule has 4 heteroatoms. The molecule has 0 bridgehead atoms. The minimum absolute atomic E-state index is 0.826. The first kappa shape index (κ1) is 37.5. The van der Waals surface area contributed by atoms with Crippen LogP contribution in [0.4, 0.5) is 0 Å². The molecule has 8 rings (SSSR count). The number of benzene rings is 6. The minimum atomic E-state index is -0.826. The molecule has 0 spiro atoms. The SMILES string of the molecule is C[Si]C.Cc1cc2c(-c3ccccc3-c3ccccc3)cccc2[cH-]1.Cc1cc2c(-c3ccccc3-c3ccccc3)cccc2[cH-]1.[Cl][Zr+2][Cl]. The summed E-state index contributed by atoms with van der Waals surface area (Å²) in [5.41, 5.74) is 12.9. The summed E-state index contributed by atoms with van der Waals surface area (Å²) in [4.78, 5) is 0. The monoisotopic (exact) mass is 780 g/mol. The summed E-state index contributed by atoms with van der Waals surface area (Å²) in [6.45, 7) is 8.62. The second kappa shape index (κ2) is 19.0. The van der Waals surface area contributed by atoms with Gasteiger partial charge >= 0.3 is 37.9 Å². The summed E-state index contributed by atoms with van der Waals surface area (Å²) in [6, 6.07) is 60.8. The maximum absolute atomic E-state index is 4.93. The van der Waals surface area contributed by atoms with Gasteiger partial charge in [0.05, 0.1) is 0 Å². The third kappa shape index (κ3) is 9.30. The van der Waals surface area contributed by atoms with Crippen molar-refractivity contribution in [2.75, 3.05) is 0 Å². The van der Waals surface area contributed by atoms with Gasteiger partial charge in [0.25, 0.3) is 0 Å². The van der Waals surface area contributed by atoms with Gasteiger partial charge in [0.15, 0.2) is 0 Å². The van der Waals surface area contributed by atoms with Crippen molar-refractivity contribution in [1.82, 2.24) is 0 Å². The van der Waals surface area contributed by atoms with Crippen LogP contribution in [0.5, 0.6) is 0 Å². The molecule has 0 aliphatic heterocycles. The van der Waals surface area contributed by atoms with Crippen molar-refractivity contribution in [3.63, 3.8) is 0 Å². The Morgan fingerprint density at radius 2 is 0.720 bits per heavy atom. The van der Waals surface area contributed by atoms with Gasteiger partial charge in [0, 0.05) is 9.52 Å². The van der Waals surface area contributed by atoms with Crippen molar-refractivity contribution in [2.24, 2.45) is 0 Å². The molecule has 0 heterocycles. The van der Waals surface area contributed by atoms with Gasteiger partial charge in [-0.05, 0) is 33.4 Å². The molecule has 0 saturated carbocycles. The molecule has 246 valence electrons. The van der Waals surface area contributed by atoms with Gasteiger partial charge in [-0.25, -0.2) is 0 Å². The Morgan fingerprint density at radius 3 is 1.08 bits per heavy atom. The Labute approximate surface area is 319 Å². The molecular weight excluding hydrogens is 743 g/mol. The fourth-order valence-electron chi connectivity index (χ4n) is 6.41. The molecule has 2 radical (unpaired) electrons. The van der Waals surface area contributed by atoms with Crippen LogP contribution in [-0.2, 0) is 20.8 Å². The zero-order valence-electron chi connectivity index (χ0n) is 28.9. The molecule has 0 aromatic heterocycles. The summed E-state index contributed by atoms with van der Waals surface area (Å²) < 4.78 is 0. The normalized spacial score (nSPS) is 10.2. The van der Waals surface area contributed by atoms with Crippen LogP contribution in [0.1, 0.15) is 11.1 Å². The molecule has 0 saturated heterocycles. The third-order valence-electron chi connectivity index (χ3n) is 8.39. The molecule has 50 heavy (non-hydrogen) atoms. The van der Waals surface area contributed by atoms with Crippen LogP contribution in [-0.4, -0.2) is 9.52 Å². The Balaban J connectivity index is 0.000000168. The van der Waals surface area contributed by atoms with Gasteiger partial charge < -0.3 is 0 Å². The van der Waals surface area contributed by atoms with Crippen LogP contribution in [0.3, 0.4) is 0 Å². The van der Waals surface area contributed by atoms with E-state index in [1.807, 2.05) is 0 Å². The van der Waals surface area contributed by atoms with E-state index in [9.17, 15) is 0 Å². The van der Waals surface area contributed by atoms with E-state index in [1.54, 1.807) is 0 Å². The Bertz CT molecular complexity index is 2070. The average molecular weight is 783 g/mol. The van der Waals surface area contributed by atoms with Crippen molar-refractivity contribution in [1.29, 1.82) is 0 Å². The first-order valence-electron chi connectivity index (χ1n) is 16.7. The number of halogens is 2. The van der Waals surface area contributed by atoms with Crippen molar-refractivity contribution in [3.05, 3.63) is 181 Å². The van der Waals surface area contributed by atoms with Gasteiger partial charge in [-0.3, -0.25) is 0 Å². The van der Waals surface area contributed by atoms with Crippen LogP contribution < -0.4 is 0 Å². The zero-order chi connectivity index (χ0) is 35.3. The quantitative estimate of drug-likeness (QED) is 0.123. The van der Waals surface area contributed by atoms with Gasteiger partial charge in [-0.15, -0.1) is 69.1 Å². The van der Waals surface area contributed by atoms with Crippen LogP contribution in [0.25, 0.3) is 66.1 Å². The van der Waals surface area contributed by atoms with E-state index in [0.29, 0.717) is 0 Å². The molecule has 0 N–H and O–H groups in total. The van der Waals surface area contributed by atoms with Crippen molar-refractivity contribution in [2.45, 2.75) is 26.9 Å². The molecule has 0 aliphatic carbocycles. The van der Waals surface area contributed by atoms with Crippen molar-refractivity contribution in [3.8, 4) is 44.5 Å². The fourth-order valence-corrected chi connectivity index (χ4v) is 6.41. The predicted molar refractivity (Wildman–Crippen MR) is 219 cm³/mol. The first-order valence-corrected chi connectivity index (χ1v) is 25.0. The topological polar surface area (TPSA) is 0 Å². The van der Waals surface area contributed by atoms with Crippen LogP contribution in [0, 0.1) is 13.8 Å². The summed E-state index contributed by atoms with van der Waals surface area (Å²) in [6.07, 6.45) is 0. The Morgan fingerprint density at radius 1 is 0.420 bits per heavy atom. The number of hydrogen-bond acceptors (Lipinski definition) is 0. The van der Waals surface area contributed by atoms with E-state index in [-0.39, 0.29) is 0 Å². The molecule has 0 fully saturated rings. The standard InChI is InChI=1S/2C22H17.C2H6Si.2ClH.Zr/c2*1-16-14-18-10-7-13-21(22(18)15-16)20-12-6-5-11-19(20)17-8-3-2-4-9-17;1-3-2;;;/h2*2-15H,1H3;1-2H3;2*1H;/q2*-1;;;;+4/p-2. The molecule has 0 unspecified atom stereocenters. The van der Waals surface area contributed by atoms with Gasteiger partial charge in [-0.2, -0.15) is 12.1 Å². The number of fused-ring (bicyclic) bond motifs is 2. The third-order valence-corrected chi connectivity index (χ3v) is 8.39. The molecular formula is C46H40Cl2SiZr. The van der Waals surface area contributed by atoms with Crippen molar-refractivity contribution >= 4 is 48.1 Å². The molecule has 0 atom stereocenters. The van der Waals surface area contributed by atoms with Gasteiger partial charge in [0.1, 0.15) is 0 Å². The second-order valence-corrected chi connectivity index (χ2v) is 16.8. The summed E-state index contributed by atoms with van der Waals surface area (Å²) in [5, 5.41) is 5.31. The van der Waals surface area contributed by atoms with E-state index in [4.69, 9.17) is 17.0 Å². The predicted octanol–water partition coefficient (Wildman–Crippen LogP) is 14.6. The van der Waals surface area contributed by atoms with Gasteiger partial charge in [0.2, 0.25) is 0 Å². The molecule has 0 aliphatic rings. The van der Waals surface area contributed by atoms with E-state index >= 15 is 0 Å². The molecule has 0 amide bonds. The summed E-state index contributed by atoms with van der Waals surface area (Å²) >= 11 is -0.826. The van der Waals surface area contributed by atoms with Crippen LogP contribution >= 0.6 is 17.0 Å². The number of hydrogen-bond donors (Lipinski definition) is 0. The van der Waals surface area contributed by atoms with Crippen molar-refractivity contribution < 1.29 is 20.8 Å². The summed E-state index contributed by atoms with van der Waals surface area (Å²) in [5.74, 6) is 0. The van der Waals surface area contributed by atoms with Crippen LogP contribution in [0.2, 0.25) is 13.1 Å². The molecule has 8 aromatic rings. The van der Waals surface area contributed by atoms with E-state index in [2.05, 4.69) is 197 Å². The second-order valence-electron chi connectivity index (χ2n) is 12.1. The first-order chi connectivity index (χ1) is 24.5. The molecule has 0 nitrogen and oxygen atoms in total. The average Bonchev–Trinajstić information content (AvgIpc) is 3.74. The maximum atomic E-state index is 4.93. The van der Waals surface area contributed by atoms with E-state index < -0.39 is 20.8 Å². The fraction of sp³-hybridized carbons (Fsp3) is 0.0870. The molecule has 8 aromatic carbocycles. The number of aryl methyl sites for hydroxylation is 2. The van der Waals surface area contributed by atoms with E-state index in [1.165, 1.54) is 77.2 Å². The summed E-state index contributed by atoms with van der Waals surface area (Å²) in [7, 11) is 11.0. The zero-order valence-corrected chi connectivity index (χ0v) is 33.9. The van der Waals surface area contributed by atoms with Gasteiger partial charge in [-0.1, -0.05) is 159 Å². The Kier molecular flexibility index (Phi) is 14.2. The van der Waals surface area contributed by atoms with Crippen LogP contribution in [0.15, 0.2) is 170 Å². The van der Waals surface area contributed by atoms with E-state index in [0.717, 1.165) is 9.52 Å². The number of rotatable bonds is 4.